The molecular formula is C9H11NO3. The van der Waals surface area contributed by atoms with E-state index in [9.17, 15) is 4.79 Å². The van der Waals surface area contributed by atoms with Crippen molar-refractivity contribution in [2.24, 2.45) is 0 Å². The summed E-state index contributed by atoms with van der Waals surface area (Å²) in [5.41, 5.74) is 0. The maximum atomic E-state index is 10.7. The molecule has 2 heterocycles. The van der Waals surface area contributed by atoms with E-state index in [2.05, 4.69) is 5.32 Å². The van der Waals surface area contributed by atoms with Crippen LogP contribution in [0.25, 0.3) is 0 Å². The molecule has 1 fully saturated rings. The number of carbonyl (C=O) groups is 1. The molecule has 1 aliphatic rings. The van der Waals surface area contributed by atoms with Crippen molar-refractivity contribution in [1.82, 2.24) is 5.32 Å². The van der Waals surface area contributed by atoms with Gasteiger partial charge >= 0.3 is 6.09 Å². The van der Waals surface area contributed by atoms with E-state index in [1.165, 1.54) is 0 Å². The topological polar surface area (TPSA) is 51.5 Å². The fourth-order valence-electron chi connectivity index (χ4n) is 1.35. The van der Waals surface area contributed by atoms with Crippen molar-refractivity contribution in [3.05, 3.63) is 24.2 Å². The summed E-state index contributed by atoms with van der Waals surface area (Å²) >= 11 is 0. The largest absolute Gasteiger partial charge is 0.469 e. The first kappa shape index (κ1) is 8.16. The van der Waals surface area contributed by atoms with Crippen LogP contribution in [0.2, 0.25) is 0 Å². The molecular weight excluding hydrogens is 170 g/mol. The van der Waals surface area contributed by atoms with Gasteiger partial charge in [0.1, 0.15) is 12.4 Å². The van der Waals surface area contributed by atoms with E-state index < -0.39 is 0 Å². The maximum absolute atomic E-state index is 10.7. The second-order valence-corrected chi connectivity index (χ2v) is 3.06. The van der Waals surface area contributed by atoms with Crippen LogP contribution in [-0.4, -0.2) is 18.7 Å². The minimum Gasteiger partial charge on any atom is -0.469 e. The van der Waals surface area contributed by atoms with E-state index in [4.69, 9.17) is 9.15 Å². The number of aryl methyl sites for hydroxylation is 1. The second-order valence-electron chi connectivity index (χ2n) is 3.06. The van der Waals surface area contributed by atoms with Gasteiger partial charge in [0, 0.05) is 6.42 Å². The summed E-state index contributed by atoms with van der Waals surface area (Å²) in [6.07, 6.45) is 3.03. The van der Waals surface area contributed by atoms with Crippen LogP contribution in [-0.2, 0) is 11.2 Å². The molecule has 0 saturated carbocycles. The Kier molecular flexibility index (Phi) is 2.21. The molecule has 0 spiro atoms. The lowest BCUT2D eigenvalue weighted by molar-refractivity contribution is 0.176. The molecule has 1 aliphatic heterocycles. The van der Waals surface area contributed by atoms with Gasteiger partial charge in [-0.15, -0.1) is 0 Å². The molecule has 0 aromatic carbocycles. The number of hydrogen-bond donors (Lipinski definition) is 1. The SMILES string of the molecule is O=C1N[C@H](CCc2ccco2)CO1. The Labute approximate surface area is 75.9 Å². The standard InChI is InChI=1S/C9H11NO3/c11-9-10-7(6-13-9)3-4-8-2-1-5-12-8/h1-2,5,7H,3-4,6H2,(H,10,11)/t7-/m1/s1. The second kappa shape index (κ2) is 3.51. The lowest BCUT2D eigenvalue weighted by Gasteiger charge is -2.03. The van der Waals surface area contributed by atoms with Crippen molar-refractivity contribution in [2.75, 3.05) is 6.61 Å². The van der Waals surface area contributed by atoms with Gasteiger partial charge in [-0.05, 0) is 18.6 Å². The quantitative estimate of drug-likeness (QED) is 0.765. The number of rotatable bonds is 3. The van der Waals surface area contributed by atoms with Crippen LogP contribution in [0.5, 0.6) is 0 Å². The van der Waals surface area contributed by atoms with Crippen LogP contribution in [0.1, 0.15) is 12.2 Å². The van der Waals surface area contributed by atoms with Crippen LogP contribution >= 0.6 is 0 Å². The molecule has 4 nitrogen and oxygen atoms in total. The average molecular weight is 181 g/mol. The van der Waals surface area contributed by atoms with Gasteiger partial charge in [-0.1, -0.05) is 0 Å². The summed E-state index contributed by atoms with van der Waals surface area (Å²) < 4.78 is 9.92. The number of carbonyl (C=O) groups excluding carboxylic acids is 1. The van der Waals surface area contributed by atoms with Gasteiger partial charge in [-0.3, -0.25) is 0 Å². The zero-order valence-corrected chi connectivity index (χ0v) is 7.16. The summed E-state index contributed by atoms with van der Waals surface area (Å²) in [6, 6.07) is 3.93. The third-order valence-corrected chi connectivity index (χ3v) is 2.06. The third-order valence-electron chi connectivity index (χ3n) is 2.06. The number of ether oxygens (including phenoxy) is 1. The molecule has 4 heteroatoms. The lowest BCUT2D eigenvalue weighted by atomic mass is 10.1. The van der Waals surface area contributed by atoms with Gasteiger partial charge in [0.05, 0.1) is 12.3 Å². The summed E-state index contributed by atoms with van der Waals surface area (Å²) in [5, 5.41) is 2.71. The molecule has 1 aromatic heterocycles. The smallest absolute Gasteiger partial charge is 0.407 e. The molecule has 2 rings (SSSR count). The van der Waals surface area contributed by atoms with E-state index in [-0.39, 0.29) is 12.1 Å². The van der Waals surface area contributed by atoms with Crippen molar-refractivity contribution in [2.45, 2.75) is 18.9 Å². The normalized spacial score (nSPS) is 21.2. The van der Waals surface area contributed by atoms with Crippen molar-refractivity contribution < 1.29 is 13.9 Å². The van der Waals surface area contributed by atoms with Crippen LogP contribution in [0.15, 0.2) is 22.8 Å². The molecule has 0 aliphatic carbocycles. The summed E-state index contributed by atoms with van der Waals surface area (Å²) in [6.45, 7) is 0.472. The van der Waals surface area contributed by atoms with E-state index in [1.807, 2.05) is 12.1 Å². The number of alkyl carbamates (subject to hydrolysis) is 1. The number of cyclic esters (lactones) is 1. The molecule has 1 N–H and O–H groups in total. The average Bonchev–Trinajstić information content (AvgIpc) is 2.71. The highest BCUT2D eigenvalue weighted by molar-refractivity contribution is 5.69. The molecule has 0 bridgehead atoms. The van der Waals surface area contributed by atoms with Crippen LogP contribution < -0.4 is 5.32 Å². The van der Waals surface area contributed by atoms with Crippen LogP contribution in [0.4, 0.5) is 4.79 Å². The molecule has 13 heavy (non-hydrogen) atoms. The highest BCUT2D eigenvalue weighted by Gasteiger charge is 2.21. The Balaban J connectivity index is 1.77. The van der Waals surface area contributed by atoms with Gasteiger partial charge in [0.25, 0.3) is 0 Å². The lowest BCUT2D eigenvalue weighted by Crippen LogP contribution is -2.26. The number of furan rings is 1. The fourth-order valence-corrected chi connectivity index (χ4v) is 1.35. The zero-order valence-electron chi connectivity index (χ0n) is 7.16. The van der Waals surface area contributed by atoms with E-state index in [1.54, 1.807) is 6.26 Å². The molecule has 0 unspecified atom stereocenters. The molecule has 0 radical (unpaired) electrons. The minimum absolute atomic E-state index is 0.137. The number of amides is 1. The van der Waals surface area contributed by atoms with Gasteiger partial charge in [0.15, 0.2) is 0 Å². The van der Waals surface area contributed by atoms with Gasteiger partial charge in [-0.25, -0.2) is 4.79 Å². The summed E-state index contributed by atoms with van der Waals surface area (Å²) in [5.74, 6) is 0.946. The van der Waals surface area contributed by atoms with Gasteiger partial charge in [-0.2, -0.15) is 0 Å². The van der Waals surface area contributed by atoms with Crippen molar-refractivity contribution in [3.63, 3.8) is 0 Å². The Morgan fingerprint density at radius 3 is 3.15 bits per heavy atom. The highest BCUT2D eigenvalue weighted by Crippen LogP contribution is 2.08. The van der Waals surface area contributed by atoms with Crippen molar-refractivity contribution in [3.8, 4) is 0 Å². The maximum Gasteiger partial charge on any atom is 0.407 e. The van der Waals surface area contributed by atoms with E-state index in [0.717, 1.165) is 18.6 Å². The highest BCUT2D eigenvalue weighted by atomic mass is 16.6. The Morgan fingerprint density at radius 1 is 1.62 bits per heavy atom. The van der Waals surface area contributed by atoms with Crippen molar-refractivity contribution in [1.29, 1.82) is 0 Å². The van der Waals surface area contributed by atoms with Crippen LogP contribution in [0, 0.1) is 0 Å². The first-order chi connectivity index (χ1) is 6.34. The molecule has 1 saturated heterocycles. The first-order valence-corrected chi connectivity index (χ1v) is 4.30. The van der Waals surface area contributed by atoms with Gasteiger partial charge < -0.3 is 14.5 Å². The number of nitrogens with one attached hydrogen (secondary N) is 1. The molecule has 1 atom stereocenters. The van der Waals surface area contributed by atoms with E-state index in [0.29, 0.717) is 6.61 Å². The van der Waals surface area contributed by atoms with Crippen molar-refractivity contribution >= 4 is 6.09 Å². The minimum atomic E-state index is -0.315. The Bertz CT molecular complexity index is 281. The monoisotopic (exact) mass is 181 g/mol. The predicted molar refractivity (Wildman–Crippen MR) is 45.3 cm³/mol. The summed E-state index contributed by atoms with van der Waals surface area (Å²) in [4.78, 5) is 10.7. The van der Waals surface area contributed by atoms with Crippen LogP contribution in [0.3, 0.4) is 0 Å². The van der Waals surface area contributed by atoms with E-state index >= 15 is 0 Å². The molecule has 1 amide bonds. The molecule has 1 aromatic rings. The fraction of sp³-hybridized carbons (Fsp3) is 0.444. The predicted octanol–water partition coefficient (Wildman–Crippen LogP) is 1.32. The first-order valence-electron chi connectivity index (χ1n) is 4.30. The Hall–Kier alpha value is -1.45. The summed E-state index contributed by atoms with van der Waals surface area (Å²) in [7, 11) is 0. The zero-order chi connectivity index (χ0) is 9.10. The Morgan fingerprint density at radius 2 is 2.54 bits per heavy atom. The number of hydrogen-bond acceptors (Lipinski definition) is 3. The van der Waals surface area contributed by atoms with Gasteiger partial charge in [0.2, 0.25) is 0 Å². The molecule has 70 valence electrons. The third kappa shape index (κ3) is 2.02.